The van der Waals surface area contributed by atoms with Gasteiger partial charge in [-0.2, -0.15) is 0 Å². The second-order valence-electron chi connectivity index (χ2n) is 5.12. The zero-order valence-corrected chi connectivity index (χ0v) is 12.7. The first-order valence-corrected chi connectivity index (χ1v) is 7.01. The summed E-state index contributed by atoms with van der Waals surface area (Å²) in [5, 5.41) is 0. The van der Waals surface area contributed by atoms with Gasteiger partial charge in [0.2, 0.25) is 0 Å². The molecule has 0 N–H and O–H groups in total. The molecule has 21 heavy (non-hydrogen) atoms. The summed E-state index contributed by atoms with van der Waals surface area (Å²) in [7, 11) is 1.64. The molecule has 2 heterocycles. The van der Waals surface area contributed by atoms with Crippen LogP contribution in [0.3, 0.4) is 0 Å². The van der Waals surface area contributed by atoms with Crippen LogP contribution in [-0.2, 0) is 17.6 Å². The third kappa shape index (κ3) is 3.88. The molecule has 2 aromatic rings. The number of Topliss-reactive ketones (excluding diaryl/α,β-unsaturated/α-hetero) is 1. The molecule has 110 valence electrons. The molecule has 0 aromatic carbocycles. The lowest BCUT2D eigenvalue weighted by Gasteiger charge is -2.11. The van der Waals surface area contributed by atoms with Crippen LogP contribution in [0.1, 0.15) is 28.8 Å². The average molecular weight is 284 g/mol. The van der Waals surface area contributed by atoms with Gasteiger partial charge >= 0.3 is 0 Å². The van der Waals surface area contributed by atoms with Crippen molar-refractivity contribution in [3.63, 3.8) is 0 Å². The molecule has 4 nitrogen and oxygen atoms in total. The minimum Gasteiger partial charge on any atom is -0.496 e. The molecule has 0 radical (unpaired) electrons. The van der Waals surface area contributed by atoms with Crippen LogP contribution in [0.4, 0.5) is 0 Å². The SMILES string of the molecule is COc1c(C)cnc(CC(=O)CCc2ccncc2)c1C. The second kappa shape index (κ2) is 6.97. The highest BCUT2D eigenvalue weighted by atomic mass is 16.5. The zero-order chi connectivity index (χ0) is 15.2. The number of ether oxygens (including phenoxy) is 1. The maximum absolute atomic E-state index is 12.1. The summed E-state index contributed by atoms with van der Waals surface area (Å²) in [6.07, 6.45) is 6.86. The normalized spacial score (nSPS) is 10.4. The molecule has 0 spiro atoms. The smallest absolute Gasteiger partial charge is 0.139 e. The van der Waals surface area contributed by atoms with Crippen molar-refractivity contribution in [3.05, 3.63) is 53.1 Å². The van der Waals surface area contributed by atoms with Gasteiger partial charge < -0.3 is 4.74 Å². The van der Waals surface area contributed by atoms with Crippen LogP contribution in [0.2, 0.25) is 0 Å². The van der Waals surface area contributed by atoms with Gasteiger partial charge in [0.05, 0.1) is 12.8 Å². The molecule has 0 saturated heterocycles. The van der Waals surface area contributed by atoms with E-state index in [2.05, 4.69) is 9.97 Å². The molecular formula is C17H20N2O2. The fraction of sp³-hybridized carbons (Fsp3) is 0.353. The zero-order valence-electron chi connectivity index (χ0n) is 12.7. The van der Waals surface area contributed by atoms with Gasteiger partial charge in [-0.25, -0.2) is 0 Å². The quantitative estimate of drug-likeness (QED) is 0.818. The Morgan fingerprint density at radius 2 is 1.95 bits per heavy atom. The summed E-state index contributed by atoms with van der Waals surface area (Å²) in [5.74, 6) is 1.01. The summed E-state index contributed by atoms with van der Waals surface area (Å²) < 4.78 is 5.37. The van der Waals surface area contributed by atoms with E-state index in [4.69, 9.17) is 4.74 Å². The van der Waals surface area contributed by atoms with Crippen molar-refractivity contribution in [1.82, 2.24) is 9.97 Å². The Balaban J connectivity index is 2.00. The standard InChI is InChI=1S/C17H20N2O2/c1-12-11-19-16(13(2)17(12)21-3)10-15(20)5-4-14-6-8-18-9-7-14/h6-9,11H,4-5,10H2,1-3H3. The van der Waals surface area contributed by atoms with Gasteiger partial charge in [0, 0.05) is 42.6 Å². The number of hydrogen-bond acceptors (Lipinski definition) is 4. The summed E-state index contributed by atoms with van der Waals surface area (Å²) in [6, 6.07) is 3.87. The Morgan fingerprint density at radius 1 is 1.24 bits per heavy atom. The van der Waals surface area contributed by atoms with Gasteiger partial charge in [0.25, 0.3) is 0 Å². The van der Waals surface area contributed by atoms with E-state index in [0.29, 0.717) is 12.8 Å². The number of methoxy groups -OCH3 is 1. The fourth-order valence-electron chi connectivity index (χ4n) is 2.36. The maximum Gasteiger partial charge on any atom is 0.139 e. The molecule has 0 aliphatic carbocycles. The van der Waals surface area contributed by atoms with Crippen LogP contribution in [-0.4, -0.2) is 22.9 Å². The monoisotopic (exact) mass is 284 g/mol. The number of ketones is 1. The summed E-state index contributed by atoms with van der Waals surface area (Å²) in [5.41, 5.74) is 3.87. The van der Waals surface area contributed by atoms with Gasteiger partial charge in [-0.05, 0) is 38.0 Å². The Kier molecular flexibility index (Phi) is 5.04. The van der Waals surface area contributed by atoms with Gasteiger partial charge in [0.1, 0.15) is 11.5 Å². The van der Waals surface area contributed by atoms with Gasteiger partial charge in [-0.1, -0.05) is 0 Å². The van der Waals surface area contributed by atoms with E-state index in [1.54, 1.807) is 25.7 Å². The largest absolute Gasteiger partial charge is 0.496 e. The molecule has 0 bridgehead atoms. The Morgan fingerprint density at radius 3 is 2.62 bits per heavy atom. The molecule has 0 amide bonds. The van der Waals surface area contributed by atoms with Crippen LogP contribution < -0.4 is 4.74 Å². The second-order valence-corrected chi connectivity index (χ2v) is 5.12. The van der Waals surface area contributed by atoms with E-state index in [1.165, 1.54) is 0 Å². The highest BCUT2D eigenvalue weighted by Gasteiger charge is 2.12. The minimum absolute atomic E-state index is 0.188. The fourth-order valence-corrected chi connectivity index (χ4v) is 2.36. The first-order valence-electron chi connectivity index (χ1n) is 7.01. The number of hydrogen-bond donors (Lipinski definition) is 0. The molecule has 2 rings (SSSR count). The van der Waals surface area contributed by atoms with E-state index < -0.39 is 0 Å². The molecule has 0 saturated carbocycles. The van der Waals surface area contributed by atoms with E-state index in [9.17, 15) is 4.79 Å². The predicted molar refractivity (Wildman–Crippen MR) is 81.5 cm³/mol. The van der Waals surface area contributed by atoms with Crippen LogP contribution in [0, 0.1) is 13.8 Å². The van der Waals surface area contributed by atoms with Crippen molar-refractivity contribution in [2.75, 3.05) is 7.11 Å². The molecule has 2 aromatic heterocycles. The predicted octanol–water partition coefficient (Wildman–Crippen LogP) is 2.85. The number of aromatic nitrogens is 2. The van der Waals surface area contributed by atoms with Crippen molar-refractivity contribution in [1.29, 1.82) is 0 Å². The molecule has 0 unspecified atom stereocenters. The number of carbonyl (C=O) groups excluding carboxylic acids is 1. The van der Waals surface area contributed by atoms with Gasteiger partial charge in [-0.3, -0.25) is 14.8 Å². The number of pyridine rings is 2. The van der Waals surface area contributed by atoms with Crippen LogP contribution in [0.15, 0.2) is 30.7 Å². The van der Waals surface area contributed by atoms with Crippen LogP contribution >= 0.6 is 0 Å². The Labute approximate surface area is 125 Å². The van der Waals surface area contributed by atoms with Crippen molar-refractivity contribution in [3.8, 4) is 5.75 Å². The third-order valence-electron chi connectivity index (χ3n) is 3.56. The number of carbonyl (C=O) groups is 1. The molecule has 4 heteroatoms. The number of aryl methyl sites for hydroxylation is 2. The highest BCUT2D eigenvalue weighted by molar-refractivity contribution is 5.81. The topological polar surface area (TPSA) is 52.1 Å². The van der Waals surface area contributed by atoms with E-state index in [-0.39, 0.29) is 5.78 Å². The number of rotatable bonds is 6. The number of nitrogens with zero attached hydrogens (tertiary/aromatic N) is 2. The van der Waals surface area contributed by atoms with Crippen molar-refractivity contribution in [2.45, 2.75) is 33.1 Å². The molecular weight excluding hydrogens is 264 g/mol. The summed E-state index contributed by atoms with van der Waals surface area (Å²) in [6.45, 7) is 3.90. The molecule has 0 atom stereocenters. The van der Waals surface area contributed by atoms with Crippen molar-refractivity contribution >= 4 is 5.78 Å². The summed E-state index contributed by atoms with van der Waals surface area (Å²) >= 11 is 0. The van der Waals surface area contributed by atoms with E-state index in [1.807, 2.05) is 26.0 Å². The van der Waals surface area contributed by atoms with Crippen LogP contribution in [0.25, 0.3) is 0 Å². The average Bonchev–Trinajstić information content (AvgIpc) is 2.50. The summed E-state index contributed by atoms with van der Waals surface area (Å²) in [4.78, 5) is 20.5. The third-order valence-corrected chi connectivity index (χ3v) is 3.56. The Hall–Kier alpha value is -2.23. The molecule has 0 fully saturated rings. The minimum atomic E-state index is 0.188. The van der Waals surface area contributed by atoms with Gasteiger partial charge in [0.15, 0.2) is 0 Å². The lowest BCUT2D eigenvalue weighted by atomic mass is 10.0. The maximum atomic E-state index is 12.1. The van der Waals surface area contributed by atoms with E-state index in [0.717, 1.165) is 34.6 Å². The Bertz CT molecular complexity index is 624. The lowest BCUT2D eigenvalue weighted by Crippen LogP contribution is -2.08. The first kappa shape index (κ1) is 15.2. The van der Waals surface area contributed by atoms with Crippen LogP contribution in [0.5, 0.6) is 5.75 Å². The first-order chi connectivity index (χ1) is 10.1. The van der Waals surface area contributed by atoms with Crippen molar-refractivity contribution in [2.24, 2.45) is 0 Å². The van der Waals surface area contributed by atoms with Gasteiger partial charge in [-0.15, -0.1) is 0 Å². The van der Waals surface area contributed by atoms with E-state index >= 15 is 0 Å². The highest BCUT2D eigenvalue weighted by Crippen LogP contribution is 2.24. The van der Waals surface area contributed by atoms with Crippen molar-refractivity contribution < 1.29 is 9.53 Å². The molecule has 0 aliphatic heterocycles. The molecule has 0 aliphatic rings. The lowest BCUT2D eigenvalue weighted by molar-refractivity contribution is -0.118.